The molecule has 0 bridgehead atoms. The number of aryl methyl sites for hydroxylation is 1. The zero-order chi connectivity index (χ0) is 33.6. The number of nitrogens with zero attached hydrogens (tertiary/aromatic N) is 5. The van der Waals surface area contributed by atoms with Gasteiger partial charge in [-0.1, -0.05) is 98.8 Å². The lowest BCUT2D eigenvalue weighted by molar-refractivity contribution is -0.149. The van der Waals surface area contributed by atoms with Gasteiger partial charge in [-0.2, -0.15) is 5.10 Å². The number of carbonyl (C=O) groups excluding carboxylic acids is 2. The van der Waals surface area contributed by atoms with Crippen LogP contribution in [0.3, 0.4) is 0 Å². The van der Waals surface area contributed by atoms with Crippen LogP contribution in [0.25, 0.3) is 21.5 Å². The third-order valence-corrected chi connectivity index (χ3v) is 9.57. The fourth-order valence-electron chi connectivity index (χ4n) is 7.16. The predicted octanol–water partition coefficient (Wildman–Crippen LogP) is 4.96. The quantitative estimate of drug-likeness (QED) is 0.198. The minimum absolute atomic E-state index is 0.0670. The number of hydrogen-bond acceptors (Lipinski definition) is 6. The van der Waals surface area contributed by atoms with Crippen LogP contribution in [0.2, 0.25) is 0 Å². The monoisotopic (exact) mass is 645 g/mol. The van der Waals surface area contributed by atoms with Crippen LogP contribution in [-0.4, -0.2) is 73.6 Å². The summed E-state index contributed by atoms with van der Waals surface area (Å²) in [6, 6.07) is 27.2. The molecular weight excluding hydrogens is 598 g/mol. The molecular formula is C39H47N7O2. The molecule has 48 heavy (non-hydrogen) atoms. The Balaban J connectivity index is 1.21. The van der Waals surface area contributed by atoms with Crippen LogP contribution in [0.15, 0.2) is 97.6 Å². The van der Waals surface area contributed by atoms with E-state index >= 15 is 0 Å². The van der Waals surface area contributed by atoms with E-state index in [4.69, 9.17) is 11.5 Å². The number of aromatic nitrogens is 3. The van der Waals surface area contributed by atoms with Crippen molar-refractivity contribution >= 4 is 33.4 Å². The van der Waals surface area contributed by atoms with Crippen molar-refractivity contribution in [3.63, 3.8) is 0 Å². The van der Waals surface area contributed by atoms with Crippen LogP contribution in [0.5, 0.6) is 0 Å². The van der Waals surface area contributed by atoms with Gasteiger partial charge < -0.3 is 21.3 Å². The molecule has 2 amide bonds. The van der Waals surface area contributed by atoms with E-state index in [1.165, 1.54) is 6.33 Å². The summed E-state index contributed by atoms with van der Waals surface area (Å²) in [7, 11) is 0. The minimum Gasteiger partial charge on any atom is -0.335 e. The van der Waals surface area contributed by atoms with Crippen molar-refractivity contribution in [1.82, 2.24) is 24.6 Å². The molecule has 9 nitrogen and oxygen atoms in total. The van der Waals surface area contributed by atoms with Gasteiger partial charge in [0.2, 0.25) is 11.8 Å². The number of carbonyl (C=O) groups is 2. The van der Waals surface area contributed by atoms with Crippen molar-refractivity contribution < 1.29 is 9.59 Å². The summed E-state index contributed by atoms with van der Waals surface area (Å²) in [6.07, 6.45) is 6.36. The van der Waals surface area contributed by atoms with Gasteiger partial charge in [0.25, 0.3) is 0 Å². The number of fused-ring (bicyclic) bond motifs is 2. The Bertz CT molecular complexity index is 1840. The Morgan fingerprint density at radius 2 is 1.27 bits per heavy atom. The van der Waals surface area contributed by atoms with Gasteiger partial charge in [0.15, 0.2) is 0 Å². The molecule has 9 heteroatoms. The Hall–Kier alpha value is -4.60. The maximum atomic E-state index is 14.2. The lowest BCUT2D eigenvalue weighted by Gasteiger charge is -2.48. The summed E-state index contributed by atoms with van der Waals surface area (Å²) >= 11 is 0. The highest BCUT2D eigenvalue weighted by atomic mass is 16.2. The van der Waals surface area contributed by atoms with Gasteiger partial charge in [0, 0.05) is 31.7 Å². The molecule has 0 saturated carbocycles. The van der Waals surface area contributed by atoms with Crippen molar-refractivity contribution in [3.8, 4) is 0 Å². The molecule has 5 aromatic rings. The van der Waals surface area contributed by atoms with Gasteiger partial charge in [-0.3, -0.25) is 14.3 Å². The highest BCUT2D eigenvalue weighted by Gasteiger charge is 2.41. The average Bonchev–Trinajstić information content (AvgIpc) is 3.61. The molecule has 1 aliphatic rings. The van der Waals surface area contributed by atoms with E-state index < -0.39 is 12.1 Å². The van der Waals surface area contributed by atoms with Gasteiger partial charge in [-0.25, -0.2) is 4.98 Å². The lowest BCUT2D eigenvalue weighted by atomic mass is 9.93. The molecule has 250 valence electrons. The molecule has 2 unspecified atom stereocenters. The molecule has 1 aromatic heterocycles. The van der Waals surface area contributed by atoms with Crippen LogP contribution in [0.4, 0.5) is 0 Å². The van der Waals surface area contributed by atoms with Crippen LogP contribution in [-0.2, 0) is 29.0 Å². The van der Waals surface area contributed by atoms with Crippen LogP contribution in [0.1, 0.15) is 44.2 Å². The standard InChI is InChI=1S/C39H47N7O2/c1-27(2)18-35-24-45(38(47)36(40)21-28-13-15-30-8-3-5-10-32(30)19-28)34(12-7-17-44-26-42-25-43-44)23-46(35)39(48)37(41)22-29-14-16-31-9-4-6-11-33(31)20-29/h3-6,8-11,13-16,19-20,25-27,34-37H,7,12,17-18,21-24,40-41H2,1-2H3/t34?,35-,36-,37?/m1/s1. The smallest absolute Gasteiger partial charge is 0.240 e. The van der Waals surface area contributed by atoms with E-state index in [9.17, 15) is 9.59 Å². The molecule has 2 heterocycles. The van der Waals surface area contributed by atoms with E-state index in [-0.39, 0.29) is 23.9 Å². The summed E-state index contributed by atoms with van der Waals surface area (Å²) in [4.78, 5) is 36.4. The van der Waals surface area contributed by atoms with Gasteiger partial charge in [-0.15, -0.1) is 0 Å². The summed E-state index contributed by atoms with van der Waals surface area (Å²) in [6.45, 7) is 5.84. The first kappa shape index (κ1) is 33.3. The number of amides is 2. The number of piperazine rings is 1. The predicted molar refractivity (Wildman–Crippen MR) is 191 cm³/mol. The lowest BCUT2D eigenvalue weighted by Crippen LogP contribution is -2.65. The SMILES string of the molecule is CC(C)C[C@@H]1CN(C(=O)[C@H](N)Cc2ccc3ccccc3c2)C(CCCn2cncn2)CN1C(=O)C(N)Cc1ccc2ccccc2c1. The van der Waals surface area contributed by atoms with Gasteiger partial charge in [0.05, 0.1) is 12.1 Å². The van der Waals surface area contributed by atoms with Crippen molar-refractivity contribution in [3.05, 3.63) is 109 Å². The second-order valence-corrected chi connectivity index (χ2v) is 13.7. The van der Waals surface area contributed by atoms with E-state index in [0.29, 0.717) is 44.8 Å². The highest BCUT2D eigenvalue weighted by molar-refractivity contribution is 5.87. The molecule has 0 spiro atoms. The summed E-state index contributed by atoms with van der Waals surface area (Å²) in [5, 5.41) is 8.82. The van der Waals surface area contributed by atoms with E-state index in [2.05, 4.69) is 84.6 Å². The molecule has 4 N–H and O–H groups in total. The Morgan fingerprint density at radius 3 is 1.79 bits per heavy atom. The van der Waals surface area contributed by atoms with Crippen LogP contribution in [0, 0.1) is 5.92 Å². The van der Waals surface area contributed by atoms with E-state index in [0.717, 1.165) is 45.5 Å². The van der Waals surface area contributed by atoms with Gasteiger partial charge in [0.1, 0.15) is 12.7 Å². The maximum absolute atomic E-state index is 14.2. The van der Waals surface area contributed by atoms with Crippen LogP contribution < -0.4 is 11.5 Å². The Kier molecular flexibility index (Phi) is 10.5. The number of nitrogens with two attached hydrogens (primary N) is 2. The van der Waals surface area contributed by atoms with Gasteiger partial charge >= 0.3 is 0 Å². The topological polar surface area (TPSA) is 123 Å². The molecule has 1 aliphatic heterocycles. The highest BCUT2D eigenvalue weighted by Crippen LogP contribution is 2.26. The second-order valence-electron chi connectivity index (χ2n) is 13.7. The molecule has 1 saturated heterocycles. The molecule has 0 aliphatic carbocycles. The maximum Gasteiger partial charge on any atom is 0.240 e. The zero-order valence-electron chi connectivity index (χ0n) is 28.0. The summed E-state index contributed by atoms with van der Waals surface area (Å²) in [5.74, 6) is 0.187. The fraction of sp³-hybridized carbons (Fsp3) is 0.385. The van der Waals surface area contributed by atoms with Crippen molar-refractivity contribution in [2.75, 3.05) is 13.1 Å². The molecule has 4 aromatic carbocycles. The van der Waals surface area contributed by atoms with Crippen molar-refractivity contribution in [1.29, 1.82) is 0 Å². The first-order valence-corrected chi connectivity index (χ1v) is 17.1. The Morgan fingerprint density at radius 1 is 0.750 bits per heavy atom. The van der Waals surface area contributed by atoms with Gasteiger partial charge in [-0.05, 0) is 70.7 Å². The second kappa shape index (κ2) is 15.1. The zero-order valence-corrected chi connectivity index (χ0v) is 28.0. The van der Waals surface area contributed by atoms with Crippen molar-refractivity contribution in [2.45, 2.75) is 76.7 Å². The molecule has 0 radical (unpaired) electrons. The molecule has 6 rings (SSSR count). The number of benzene rings is 4. The van der Waals surface area contributed by atoms with Crippen LogP contribution >= 0.6 is 0 Å². The summed E-state index contributed by atoms with van der Waals surface area (Å²) in [5.41, 5.74) is 15.4. The minimum atomic E-state index is -0.693. The van der Waals surface area contributed by atoms with Crippen molar-refractivity contribution in [2.24, 2.45) is 17.4 Å². The Labute approximate surface area is 282 Å². The normalized spacial score (nSPS) is 18.0. The third kappa shape index (κ3) is 7.91. The molecule has 1 fully saturated rings. The van der Waals surface area contributed by atoms with E-state index in [1.807, 2.05) is 34.1 Å². The summed E-state index contributed by atoms with van der Waals surface area (Å²) < 4.78 is 1.80. The van der Waals surface area contributed by atoms with E-state index in [1.54, 1.807) is 11.0 Å². The first-order chi connectivity index (χ1) is 23.2. The first-order valence-electron chi connectivity index (χ1n) is 17.1. The number of hydrogen-bond donors (Lipinski definition) is 2. The molecule has 4 atom stereocenters. The number of rotatable bonds is 12. The average molecular weight is 646 g/mol. The third-order valence-electron chi connectivity index (χ3n) is 9.57. The fourth-order valence-corrected chi connectivity index (χ4v) is 7.16. The largest absolute Gasteiger partial charge is 0.335 e.